The van der Waals surface area contributed by atoms with Crippen LogP contribution in [0.5, 0.6) is 0 Å². The van der Waals surface area contributed by atoms with E-state index in [1.807, 2.05) is 0 Å². The summed E-state index contributed by atoms with van der Waals surface area (Å²) in [4.78, 5) is 10.8. The molecule has 4 N–H and O–H groups in total. The molecule has 18 heavy (non-hydrogen) atoms. The molecule has 0 aliphatic rings. The summed E-state index contributed by atoms with van der Waals surface area (Å²) in [5, 5.41) is 12.2. The number of nitrogen functional groups attached to an aromatic ring is 1. The van der Waals surface area contributed by atoms with E-state index in [0.29, 0.717) is 5.92 Å². The van der Waals surface area contributed by atoms with Crippen molar-refractivity contribution in [1.82, 2.24) is 0 Å². The van der Waals surface area contributed by atoms with E-state index in [9.17, 15) is 4.79 Å². The maximum Gasteiger partial charge on any atom is 0.337 e. The third-order valence-corrected chi connectivity index (χ3v) is 3.37. The van der Waals surface area contributed by atoms with Crippen LogP contribution in [0.4, 0.5) is 11.4 Å². The van der Waals surface area contributed by atoms with Crippen molar-refractivity contribution < 1.29 is 9.90 Å². The third kappa shape index (κ3) is 3.65. The quantitative estimate of drug-likeness (QED) is 0.718. The summed E-state index contributed by atoms with van der Waals surface area (Å²) in [5.74, 6) is -0.500. The van der Waals surface area contributed by atoms with Crippen LogP contribution in [0.2, 0.25) is 0 Å². The monoisotopic (exact) mass is 250 g/mol. The van der Waals surface area contributed by atoms with Crippen molar-refractivity contribution in [3.63, 3.8) is 0 Å². The molecule has 1 aromatic rings. The van der Waals surface area contributed by atoms with Gasteiger partial charge >= 0.3 is 5.97 Å². The molecular formula is C14H22N2O2. The number of benzene rings is 1. The smallest absolute Gasteiger partial charge is 0.337 e. The first kappa shape index (κ1) is 14.4. The van der Waals surface area contributed by atoms with Crippen molar-refractivity contribution in [1.29, 1.82) is 0 Å². The van der Waals surface area contributed by atoms with E-state index in [4.69, 9.17) is 10.8 Å². The molecule has 4 nitrogen and oxygen atoms in total. The van der Waals surface area contributed by atoms with Crippen molar-refractivity contribution in [2.24, 2.45) is 11.3 Å². The Hall–Kier alpha value is -1.71. The lowest BCUT2D eigenvalue weighted by molar-refractivity contribution is 0.0698. The Morgan fingerprint density at radius 1 is 1.44 bits per heavy atom. The minimum absolute atomic E-state index is 0.143. The zero-order chi connectivity index (χ0) is 13.9. The minimum atomic E-state index is -0.998. The second-order valence-electron chi connectivity index (χ2n) is 5.76. The molecule has 0 radical (unpaired) electrons. The van der Waals surface area contributed by atoms with Gasteiger partial charge in [0, 0.05) is 17.9 Å². The van der Waals surface area contributed by atoms with Crippen LogP contribution in [0.1, 0.15) is 38.1 Å². The molecule has 4 heteroatoms. The zero-order valence-electron chi connectivity index (χ0n) is 11.4. The third-order valence-electron chi connectivity index (χ3n) is 3.37. The average molecular weight is 250 g/mol. The van der Waals surface area contributed by atoms with Gasteiger partial charge in [0.1, 0.15) is 0 Å². The standard InChI is InChI=1S/C14H22N2O2/c1-9(14(2,3)4)8-16-10-5-6-11(13(17)18)12(15)7-10/h5-7,9,16H,8,15H2,1-4H3,(H,17,18). The average Bonchev–Trinajstić information content (AvgIpc) is 2.24. The number of carbonyl (C=O) groups is 1. The Morgan fingerprint density at radius 2 is 2.06 bits per heavy atom. The maximum atomic E-state index is 10.8. The minimum Gasteiger partial charge on any atom is -0.478 e. The summed E-state index contributed by atoms with van der Waals surface area (Å²) in [6, 6.07) is 4.94. The van der Waals surface area contributed by atoms with Gasteiger partial charge in [-0.15, -0.1) is 0 Å². The molecular weight excluding hydrogens is 228 g/mol. The maximum absolute atomic E-state index is 10.8. The first-order valence-corrected chi connectivity index (χ1v) is 6.08. The fraction of sp³-hybridized carbons (Fsp3) is 0.500. The van der Waals surface area contributed by atoms with Crippen molar-refractivity contribution in [3.8, 4) is 0 Å². The summed E-state index contributed by atoms with van der Waals surface area (Å²) >= 11 is 0. The van der Waals surface area contributed by atoms with Crippen LogP contribution in [0.3, 0.4) is 0 Å². The first-order valence-electron chi connectivity index (χ1n) is 6.08. The van der Waals surface area contributed by atoms with Gasteiger partial charge in [-0.1, -0.05) is 27.7 Å². The Kier molecular flexibility index (Phi) is 4.22. The molecule has 0 saturated heterocycles. The highest BCUT2D eigenvalue weighted by Crippen LogP contribution is 2.26. The van der Waals surface area contributed by atoms with Crippen LogP contribution in [-0.2, 0) is 0 Å². The van der Waals surface area contributed by atoms with E-state index in [1.165, 1.54) is 6.07 Å². The normalized spacial score (nSPS) is 13.1. The number of nitrogens with one attached hydrogen (secondary N) is 1. The van der Waals surface area contributed by atoms with Gasteiger partial charge in [-0.3, -0.25) is 0 Å². The molecule has 1 aromatic carbocycles. The summed E-state index contributed by atoms with van der Waals surface area (Å²) in [6.45, 7) is 9.60. The Bertz CT molecular complexity index is 436. The number of anilines is 2. The predicted octanol–water partition coefficient (Wildman–Crippen LogP) is 3.06. The van der Waals surface area contributed by atoms with E-state index in [1.54, 1.807) is 12.1 Å². The van der Waals surface area contributed by atoms with Gasteiger partial charge in [-0.25, -0.2) is 4.79 Å². The van der Waals surface area contributed by atoms with Crippen molar-refractivity contribution in [2.75, 3.05) is 17.6 Å². The molecule has 0 aliphatic carbocycles. The van der Waals surface area contributed by atoms with Crippen LogP contribution in [0.15, 0.2) is 18.2 Å². The summed E-state index contributed by atoms with van der Waals surface area (Å²) in [5.41, 5.74) is 7.22. The van der Waals surface area contributed by atoms with Crippen LogP contribution < -0.4 is 11.1 Å². The van der Waals surface area contributed by atoms with Crippen LogP contribution in [0, 0.1) is 11.3 Å². The highest BCUT2D eigenvalue weighted by molar-refractivity contribution is 5.94. The zero-order valence-corrected chi connectivity index (χ0v) is 11.4. The molecule has 0 bridgehead atoms. The number of carboxylic acid groups (broad SMARTS) is 1. The lowest BCUT2D eigenvalue weighted by Crippen LogP contribution is -2.24. The van der Waals surface area contributed by atoms with Gasteiger partial charge < -0.3 is 16.2 Å². The van der Waals surface area contributed by atoms with E-state index >= 15 is 0 Å². The van der Waals surface area contributed by atoms with Gasteiger partial charge in [-0.2, -0.15) is 0 Å². The molecule has 0 spiro atoms. The van der Waals surface area contributed by atoms with Gasteiger partial charge in [0.25, 0.3) is 0 Å². The van der Waals surface area contributed by atoms with Crippen LogP contribution in [0.25, 0.3) is 0 Å². The Morgan fingerprint density at radius 3 is 2.50 bits per heavy atom. The molecule has 100 valence electrons. The van der Waals surface area contributed by atoms with Crippen molar-refractivity contribution in [3.05, 3.63) is 23.8 Å². The molecule has 1 atom stereocenters. The van der Waals surface area contributed by atoms with E-state index < -0.39 is 5.97 Å². The number of hydrogen-bond acceptors (Lipinski definition) is 3. The van der Waals surface area contributed by atoms with Gasteiger partial charge in [0.2, 0.25) is 0 Å². The SMILES string of the molecule is CC(CNc1ccc(C(=O)O)c(N)c1)C(C)(C)C. The summed E-state index contributed by atoms with van der Waals surface area (Å²) in [7, 11) is 0. The van der Waals surface area contributed by atoms with Gasteiger partial charge in [0.05, 0.1) is 5.56 Å². The van der Waals surface area contributed by atoms with E-state index in [0.717, 1.165) is 12.2 Å². The Labute approximate surface area is 108 Å². The second-order valence-corrected chi connectivity index (χ2v) is 5.76. The largest absolute Gasteiger partial charge is 0.478 e. The number of rotatable bonds is 4. The summed E-state index contributed by atoms with van der Waals surface area (Å²) < 4.78 is 0. The van der Waals surface area contributed by atoms with Gasteiger partial charge in [0.15, 0.2) is 0 Å². The molecule has 0 fully saturated rings. The lowest BCUT2D eigenvalue weighted by atomic mass is 9.82. The van der Waals surface area contributed by atoms with E-state index in [-0.39, 0.29) is 16.7 Å². The predicted molar refractivity (Wildman–Crippen MR) is 74.9 cm³/mol. The van der Waals surface area contributed by atoms with Gasteiger partial charge in [-0.05, 0) is 29.5 Å². The van der Waals surface area contributed by atoms with Crippen molar-refractivity contribution >= 4 is 17.3 Å². The highest BCUT2D eigenvalue weighted by atomic mass is 16.4. The molecule has 1 rings (SSSR count). The fourth-order valence-electron chi connectivity index (χ4n) is 1.44. The first-order chi connectivity index (χ1) is 8.21. The van der Waals surface area contributed by atoms with Crippen molar-refractivity contribution in [2.45, 2.75) is 27.7 Å². The number of nitrogens with two attached hydrogens (primary N) is 1. The topological polar surface area (TPSA) is 75.3 Å². The molecule has 0 aliphatic heterocycles. The highest BCUT2D eigenvalue weighted by Gasteiger charge is 2.19. The lowest BCUT2D eigenvalue weighted by Gasteiger charge is -2.27. The second kappa shape index (κ2) is 5.29. The van der Waals surface area contributed by atoms with E-state index in [2.05, 4.69) is 33.0 Å². The van der Waals surface area contributed by atoms with Crippen LogP contribution in [-0.4, -0.2) is 17.6 Å². The summed E-state index contributed by atoms with van der Waals surface area (Å²) in [6.07, 6.45) is 0. The Balaban J connectivity index is 2.70. The fourth-order valence-corrected chi connectivity index (χ4v) is 1.44. The number of aromatic carboxylic acids is 1. The molecule has 0 heterocycles. The molecule has 0 aromatic heterocycles. The van der Waals surface area contributed by atoms with Crippen LogP contribution >= 0.6 is 0 Å². The molecule has 0 saturated carbocycles. The number of carboxylic acids is 1. The molecule has 0 amide bonds. The number of hydrogen-bond donors (Lipinski definition) is 3. The molecule has 1 unspecified atom stereocenters.